The van der Waals surface area contributed by atoms with Crippen LogP contribution in [0, 0.1) is 5.92 Å². The van der Waals surface area contributed by atoms with Crippen molar-refractivity contribution in [2.45, 2.75) is 65.4 Å². The lowest BCUT2D eigenvalue weighted by atomic mass is 9.96. The largest absolute Gasteiger partial charge is 0.466 e. The minimum Gasteiger partial charge on any atom is -0.466 e. The number of ether oxygens (including phenoxy) is 4. The molecule has 1 heterocycles. The molecule has 0 aromatic heterocycles. The van der Waals surface area contributed by atoms with Crippen LogP contribution >= 0.6 is 0 Å². The molecule has 0 saturated carbocycles. The van der Waals surface area contributed by atoms with Gasteiger partial charge in [-0.2, -0.15) is 0 Å². The molecule has 1 saturated heterocycles. The van der Waals surface area contributed by atoms with E-state index in [-0.39, 0.29) is 18.2 Å². The summed E-state index contributed by atoms with van der Waals surface area (Å²) in [4.78, 5) is 65.1. The maximum atomic E-state index is 12.6. The Morgan fingerprint density at radius 1 is 0.946 bits per heavy atom. The number of nitrogens with one attached hydrogen (secondary N) is 2. The van der Waals surface area contributed by atoms with E-state index in [0.717, 1.165) is 20.8 Å². The van der Waals surface area contributed by atoms with E-state index in [9.17, 15) is 24.0 Å². The Morgan fingerprint density at radius 2 is 1.57 bits per heavy atom. The summed E-state index contributed by atoms with van der Waals surface area (Å²) in [6.07, 6.45) is -4.75. The minimum absolute atomic E-state index is 0.0223. The van der Waals surface area contributed by atoms with Gasteiger partial charge in [0, 0.05) is 32.9 Å². The summed E-state index contributed by atoms with van der Waals surface area (Å²) in [5, 5.41) is 8.83. The van der Waals surface area contributed by atoms with Crippen molar-refractivity contribution >= 4 is 41.5 Å². The van der Waals surface area contributed by atoms with Gasteiger partial charge < -0.3 is 24.3 Å². The van der Waals surface area contributed by atoms with Crippen LogP contribution in [0.4, 0.5) is 10.5 Å². The van der Waals surface area contributed by atoms with Crippen molar-refractivity contribution in [3.05, 3.63) is 30.3 Å². The molecular formula is C24H31N3O10. The van der Waals surface area contributed by atoms with Gasteiger partial charge in [-0.25, -0.2) is 4.79 Å². The van der Waals surface area contributed by atoms with Crippen molar-refractivity contribution in [3.63, 3.8) is 0 Å². The fourth-order valence-electron chi connectivity index (χ4n) is 3.40. The highest BCUT2D eigenvalue weighted by molar-refractivity contribution is 5.91. The third-order valence-corrected chi connectivity index (χ3v) is 4.76. The fraction of sp³-hybridized carbons (Fsp3) is 0.500. The monoisotopic (exact) mass is 521 g/mol. The standard InChI is InChI=1S/C24H31N3O10/c1-13(2)11-19(31)26-20-22(35-16(5)30)21(34-15(4)29)18(12-33-14(3)28)36-23(20)27-37-24(32)25-17-9-7-6-8-10-17/h6-10,13,18,20-22H,11-12H2,1-5H3,(H,25,32)(H,26,31)/b27-23-/t18-,20-,21-,22-/m1/s1. The lowest BCUT2D eigenvalue weighted by Crippen LogP contribution is -2.64. The third-order valence-electron chi connectivity index (χ3n) is 4.76. The molecule has 2 amide bonds. The van der Waals surface area contributed by atoms with Crippen LogP contribution in [0.2, 0.25) is 0 Å². The zero-order valence-corrected chi connectivity index (χ0v) is 21.2. The summed E-state index contributed by atoms with van der Waals surface area (Å²) < 4.78 is 21.5. The molecule has 13 heteroatoms. The van der Waals surface area contributed by atoms with Gasteiger partial charge in [0.2, 0.25) is 5.91 Å². The number of benzene rings is 1. The van der Waals surface area contributed by atoms with Crippen molar-refractivity contribution in [2.75, 3.05) is 11.9 Å². The Balaban J connectivity index is 2.42. The fourth-order valence-corrected chi connectivity index (χ4v) is 3.40. The number of carbonyl (C=O) groups is 5. The Labute approximate surface area is 213 Å². The average molecular weight is 522 g/mol. The highest BCUT2D eigenvalue weighted by Gasteiger charge is 2.50. The van der Waals surface area contributed by atoms with E-state index in [4.69, 9.17) is 23.8 Å². The lowest BCUT2D eigenvalue weighted by molar-refractivity contribution is -0.186. The van der Waals surface area contributed by atoms with Gasteiger partial charge in [0.05, 0.1) is 0 Å². The second kappa shape index (κ2) is 13.8. The molecule has 0 aliphatic carbocycles. The van der Waals surface area contributed by atoms with Crippen LogP contribution in [-0.2, 0) is 43.0 Å². The van der Waals surface area contributed by atoms with E-state index < -0.39 is 60.9 Å². The molecule has 1 aliphatic heterocycles. The van der Waals surface area contributed by atoms with E-state index in [1.54, 1.807) is 30.3 Å². The van der Waals surface area contributed by atoms with Gasteiger partial charge in [-0.15, -0.1) is 0 Å². The molecule has 202 valence electrons. The smallest absolute Gasteiger partial charge is 0.437 e. The second-order valence-corrected chi connectivity index (χ2v) is 8.55. The number of esters is 3. The number of hydrogen-bond acceptors (Lipinski definition) is 11. The van der Waals surface area contributed by atoms with E-state index in [0.29, 0.717) is 5.69 Å². The maximum absolute atomic E-state index is 12.6. The first-order valence-electron chi connectivity index (χ1n) is 11.5. The first-order chi connectivity index (χ1) is 17.5. The van der Waals surface area contributed by atoms with Crippen LogP contribution in [-0.4, -0.2) is 66.8 Å². The van der Waals surface area contributed by atoms with E-state index >= 15 is 0 Å². The van der Waals surface area contributed by atoms with Crippen molar-refractivity contribution in [1.29, 1.82) is 0 Å². The van der Waals surface area contributed by atoms with Crippen molar-refractivity contribution < 1.29 is 47.8 Å². The third kappa shape index (κ3) is 9.78. The van der Waals surface area contributed by atoms with Crippen LogP contribution in [0.15, 0.2) is 35.5 Å². The number of nitrogens with zero attached hydrogens (tertiary/aromatic N) is 1. The molecule has 0 unspecified atom stereocenters. The summed E-state index contributed by atoms with van der Waals surface area (Å²) >= 11 is 0. The van der Waals surface area contributed by atoms with Crippen molar-refractivity contribution in [3.8, 4) is 0 Å². The van der Waals surface area contributed by atoms with Gasteiger partial charge in [0.15, 0.2) is 18.3 Å². The average Bonchev–Trinajstić information content (AvgIpc) is 2.79. The lowest BCUT2D eigenvalue weighted by Gasteiger charge is -2.41. The predicted octanol–water partition coefficient (Wildman–Crippen LogP) is 1.90. The SMILES string of the molecule is CC(=O)OC[C@H]1O/C(=N\OC(=O)Nc2ccccc2)[C@H](NC(=O)CC(C)C)[C@@H](OC(C)=O)[C@@H]1OC(C)=O. The van der Waals surface area contributed by atoms with Gasteiger partial charge in [0.25, 0.3) is 5.90 Å². The highest BCUT2D eigenvalue weighted by atomic mass is 16.7. The number of para-hydroxylation sites is 1. The zero-order chi connectivity index (χ0) is 27.5. The molecule has 2 N–H and O–H groups in total. The van der Waals surface area contributed by atoms with Gasteiger partial charge in [0.1, 0.15) is 12.6 Å². The molecule has 0 bridgehead atoms. The van der Waals surface area contributed by atoms with Crippen LogP contribution in [0.1, 0.15) is 41.0 Å². The summed E-state index contributed by atoms with van der Waals surface area (Å²) in [5.74, 6) is -3.01. The van der Waals surface area contributed by atoms with Gasteiger partial charge in [-0.05, 0) is 23.2 Å². The van der Waals surface area contributed by atoms with E-state index in [2.05, 4.69) is 15.8 Å². The molecule has 1 fully saturated rings. The number of carbonyl (C=O) groups excluding carboxylic acids is 5. The molecule has 13 nitrogen and oxygen atoms in total. The van der Waals surface area contributed by atoms with E-state index in [1.807, 2.05) is 13.8 Å². The Morgan fingerprint density at radius 3 is 2.14 bits per heavy atom. The maximum Gasteiger partial charge on any atom is 0.437 e. The van der Waals surface area contributed by atoms with Crippen LogP contribution in [0.3, 0.4) is 0 Å². The molecule has 1 aromatic carbocycles. The molecule has 0 radical (unpaired) electrons. The van der Waals surface area contributed by atoms with Crippen molar-refractivity contribution in [1.82, 2.24) is 5.32 Å². The highest BCUT2D eigenvalue weighted by Crippen LogP contribution is 2.25. The molecule has 0 spiro atoms. The zero-order valence-electron chi connectivity index (χ0n) is 21.2. The van der Waals surface area contributed by atoms with E-state index in [1.165, 1.54) is 0 Å². The van der Waals surface area contributed by atoms with Crippen LogP contribution in [0.5, 0.6) is 0 Å². The number of rotatable bonds is 9. The molecule has 37 heavy (non-hydrogen) atoms. The second-order valence-electron chi connectivity index (χ2n) is 8.55. The first-order valence-corrected chi connectivity index (χ1v) is 11.5. The minimum atomic E-state index is -1.36. The quantitative estimate of drug-likeness (QED) is 0.212. The molecular weight excluding hydrogens is 490 g/mol. The van der Waals surface area contributed by atoms with Gasteiger partial charge in [-0.1, -0.05) is 32.0 Å². The molecule has 1 aliphatic rings. The number of hydrogen-bond donors (Lipinski definition) is 2. The van der Waals surface area contributed by atoms with Crippen LogP contribution in [0.25, 0.3) is 0 Å². The first kappa shape index (κ1) is 29.1. The normalized spacial score (nSPS) is 21.8. The topological polar surface area (TPSA) is 168 Å². The number of oxime groups is 1. The van der Waals surface area contributed by atoms with Crippen LogP contribution < -0.4 is 10.6 Å². The summed E-state index contributed by atoms with van der Waals surface area (Å²) in [5.41, 5.74) is 0.430. The predicted molar refractivity (Wildman–Crippen MR) is 128 cm³/mol. The Kier molecular flexibility index (Phi) is 10.8. The summed E-state index contributed by atoms with van der Waals surface area (Å²) in [6, 6.07) is 7.09. The molecule has 4 atom stereocenters. The molecule has 2 rings (SSSR count). The molecule has 1 aromatic rings. The Bertz CT molecular complexity index is 1010. The van der Waals surface area contributed by atoms with Gasteiger partial charge in [-0.3, -0.25) is 29.3 Å². The van der Waals surface area contributed by atoms with Crippen molar-refractivity contribution in [2.24, 2.45) is 11.1 Å². The summed E-state index contributed by atoms with van der Waals surface area (Å²) in [6.45, 7) is 6.63. The number of anilines is 1. The van der Waals surface area contributed by atoms with Gasteiger partial charge >= 0.3 is 24.0 Å². The number of amides is 2. The summed E-state index contributed by atoms with van der Waals surface area (Å²) in [7, 11) is 0. The Hall–Kier alpha value is -4.16.